The number of nitro groups is 1. The molecule has 1 aromatic heterocycles. The molecule has 2 aromatic carbocycles. The van der Waals surface area contributed by atoms with Crippen LogP contribution in [0.15, 0.2) is 53.6 Å². The summed E-state index contributed by atoms with van der Waals surface area (Å²) in [6, 6.07) is 13.2. The summed E-state index contributed by atoms with van der Waals surface area (Å²) in [5.41, 5.74) is 1.52. The average molecular weight is 360 g/mol. The summed E-state index contributed by atoms with van der Waals surface area (Å²) in [7, 11) is 0. The van der Waals surface area contributed by atoms with Gasteiger partial charge in [0.25, 0.3) is 5.69 Å². The molecule has 0 aliphatic carbocycles. The summed E-state index contributed by atoms with van der Waals surface area (Å²) < 4.78 is 1.80. The second-order valence-electron chi connectivity index (χ2n) is 4.76. The van der Waals surface area contributed by atoms with Crippen LogP contribution in [0.4, 0.5) is 5.69 Å². The van der Waals surface area contributed by atoms with Crippen LogP contribution < -0.4 is 0 Å². The molecule has 0 unspecified atom stereocenters. The van der Waals surface area contributed by atoms with Crippen molar-refractivity contribution in [3.63, 3.8) is 0 Å². The van der Waals surface area contributed by atoms with E-state index < -0.39 is 4.92 Å². The van der Waals surface area contributed by atoms with Gasteiger partial charge in [-0.05, 0) is 54.2 Å². The third-order valence-corrected chi connectivity index (χ3v) is 3.70. The molecule has 24 heavy (non-hydrogen) atoms. The number of benzene rings is 2. The first-order valence-electron chi connectivity index (χ1n) is 6.77. The van der Waals surface area contributed by atoms with Gasteiger partial charge in [-0.2, -0.15) is 14.9 Å². The quantitative estimate of drug-likeness (QED) is 0.329. The molecule has 0 aliphatic heterocycles. The number of aromatic nitrogens is 3. The number of halogens is 1. The lowest BCUT2D eigenvalue weighted by atomic mass is 10.2. The van der Waals surface area contributed by atoms with E-state index in [-0.39, 0.29) is 5.69 Å². The molecular formula is C15H10ClN5O2S. The highest BCUT2D eigenvalue weighted by atomic mass is 35.5. The van der Waals surface area contributed by atoms with Crippen LogP contribution in [0.25, 0.3) is 11.4 Å². The van der Waals surface area contributed by atoms with Crippen LogP contribution in [0.5, 0.6) is 0 Å². The van der Waals surface area contributed by atoms with E-state index in [0.717, 1.165) is 5.56 Å². The fourth-order valence-corrected chi connectivity index (χ4v) is 2.30. The number of non-ortho nitro benzene ring substituents is 1. The van der Waals surface area contributed by atoms with Crippen LogP contribution in [-0.4, -0.2) is 26.0 Å². The lowest BCUT2D eigenvalue weighted by Gasteiger charge is -2.01. The van der Waals surface area contributed by atoms with E-state index in [1.807, 2.05) is 12.1 Å². The maximum absolute atomic E-state index is 10.7. The monoisotopic (exact) mass is 359 g/mol. The number of nitro benzene ring substituents is 1. The van der Waals surface area contributed by atoms with Crippen molar-refractivity contribution >= 4 is 35.7 Å². The summed E-state index contributed by atoms with van der Waals surface area (Å²) >= 11 is 11.1. The molecule has 3 rings (SSSR count). The predicted molar refractivity (Wildman–Crippen MR) is 93.9 cm³/mol. The Morgan fingerprint density at radius 2 is 1.88 bits per heavy atom. The van der Waals surface area contributed by atoms with Crippen LogP contribution in [0.3, 0.4) is 0 Å². The van der Waals surface area contributed by atoms with E-state index in [2.05, 4.69) is 15.3 Å². The van der Waals surface area contributed by atoms with Gasteiger partial charge in [0.05, 0.1) is 11.1 Å². The number of hydrogen-bond donors (Lipinski definition) is 1. The minimum absolute atomic E-state index is 0.0222. The Morgan fingerprint density at radius 3 is 2.50 bits per heavy atom. The molecule has 0 amide bonds. The van der Waals surface area contributed by atoms with Gasteiger partial charge in [0, 0.05) is 22.7 Å². The summed E-state index contributed by atoms with van der Waals surface area (Å²) in [4.78, 5) is 10.2. The molecule has 3 aromatic rings. The number of nitrogens with zero attached hydrogens (tertiary/aromatic N) is 4. The lowest BCUT2D eigenvalue weighted by Crippen LogP contribution is -1.95. The van der Waals surface area contributed by atoms with Gasteiger partial charge in [-0.1, -0.05) is 11.6 Å². The number of nitrogens with one attached hydrogen (secondary N) is 1. The molecule has 0 bridgehead atoms. The van der Waals surface area contributed by atoms with E-state index in [0.29, 0.717) is 21.2 Å². The maximum Gasteiger partial charge on any atom is 0.269 e. The molecule has 1 heterocycles. The van der Waals surface area contributed by atoms with Gasteiger partial charge in [-0.25, -0.2) is 5.10 Å². The average Bonchev–Trinajstić information content (AvgIpc) is 2.95. The number of aromatic amines is 1. The zero-order chi connectivity index (χ0) is 17.1. The highest BCUT2D eigenvalue weighted by molar-refractivity contribution is 7.71. The van der Waals surface area contributed by atoms with Gasteiger partial charge in [-0.15, -0.1) is 0 Å². The summed E-state index contributed by atoms with van der Waals surface area (Å²) in [5.74, 6) is 0.537. The molecule has 0 spiro atoms. The van der Waals surface area contributed by atoms with Crippen molar-refractivity contribution in [1.29, 1.82) is 0 Å². The molecule has 1 N–H and O–H groups in total. The van der Waals surface area contributed by atoms with Crippen molar-refractivity contribution < 1.29 is 4.92 Å². The van der Waals surface area contributed by atoms with Crippen molar-refractivity contribution in [2.75, 3.05) is 0 Å². The molecule has 120 valence electrons. The Hall–Kier alpha value is -2.84. The highest BCUT2D eigenvalue weighted by Gasteiger charge is 2.08. The molecule has 0 saturated carbocycles. The van der Waals surface area contributed by atoms with Gasteiger partial charge >= 0.3 is 0 Å². The zero-order valence-electron chi connectivity index (χ0n) is 12.1. The molecule has 7 nitrogen and oxygen atoms in total. The van der Waals surface area contributed by atoms with Gasteiger partial charge in [0.2, 0.25) is 4.77 Å². The van der Waals surface area contributed by atoms with E-state index in [1.54, 1.807) is 30.5 Å². The van der Waals surface area contributed by atoms with Crippen molar-refractivity contribution in [2.24, 2.45) is 5.10 Å². The predicted octanol–water partition coefficient (Wildman–Crippen LogP) is 4.05. The number of H-pyrrole nitrogens is 1. The van der Waals surface area contributed by atoms with Crippen molar-refractivity contribution in [2.45, 2.75) is 0 Å². The van der Waals surface area contributed by atoms with Gasteiger partial charge in [-0.3, -0.25) is 10.1 Å². The first-order valence-corrected chi connectivity index (χ1v) is 7.55. The molecule has 0 fully saturated rings. The molecule has 0 saturated heterocycles. The zero-order valence-corrected chi connectivity index (χ0v) is 13.7. The van der Waals surface area contributed by atoms with Gasteiger partial charge in [0.15, 0.2) is 5.82 Å². The highest BCUT2D eigenvalue weighted by Crippen LogP contribution is 2.20. The van der Waals surface area contributed by atoms with Crippen LogP contribution in [0.2, 0.25) is 5.02 Å². The third kappa shape index (κ3) is 3.39. The van der Waals surface area contributed by atoms with E-state index >= 15 is 0 Å². The number of hydrogen-bond acceptors (Lipinski definition) is 5. The Morgan fingerprint density at radius 1 is 1.21 bits per heavy atom. The second kappa shape index (κ2) is 6.73. The molecular weight excluding hydrogens is 350 g/mol. The van der Waals surface area contributed by atoms with Crippen molar-refractivity contribution in [3.05, 3.63) is 74.0 Å². The topological polar surface area (TPSA) is 89.1 Å². The first kappa shape index (κ1) is 16.0. The molecule has 9 heteroatoms. The standard InChI is InChI=1S/C15H10ClN5O2S/c16-12-5-3-11(4-6-12)14-18-19-15(24)20(14)17-9-10-1-7-13(8-2-10)21(22)23/h1-9H,(H,19,24)/b17-9-. The van der Waals surface area contributed by atoms with E-state index in [9.17, 15) is 10.1 Å². The Kier molecular flexibility index (Phi) is 4.50. The first-order chi connectivity index (χ1) is 11.5. The van der Waals surface area contributed by atoms with Crippen molar-refractivity contribution in [3.8, 4) is 11.4 Å². The summed E-state index contributed by atoms with van der Waals surface area (Å²) in [6.07, 6.45) is 1.55. The summed E-state index contributed by atoms with van der Waals surface area (Å²) in [6.45, 7) is 0. The minimum Gasteiger partial charge on any atom is -0.258 e. The Balaban J connectivity index is 1.92. The van der Waals surface area contributed by atoms with E-state index in [1.165, 1.54) is 16.8 Å². The summed E-state index contributed by atoms with van der Waals surface area (Å²) in [5, 5.41) is 22.4. The largest absolute Gasteiger partial charge is 0.269 e. The normalized spacial score (nSPS) is 11.0. The van der Waals surface area contributed by atoms with Crippen LogP contribution in [0, 0.1) is 14.9 Å². The Bertz CT molecular complexity index is 961. The van der Waals surface area contributed by atoms with Gasteiger partial charge < -0.3 is 0 Å². The van der Waals surface area contributed by atoms with Gasteiger partial charge in [0.1, 0.15) is 0 Å². The van der Waals surface area contributed by atoms with Crippen LogP contribution in [0.1, 0.15) is 5.56 Å². The van der Waals surface area contributed by atoms with E-state index in [4.69, 9.17) is 23.8 Å². The van der Waals surface area contributed by atoms with Crippen LogP contribution >= 0.6 is 23.8 Å². The molecule has 0 aliphatic rings. The molecule has 0 atom stereocenters. The second-order valence-corrected chi connectivity index (χ2v) is 5.59. The minimum atomic E-state index is -0.453. The number of rotatable bonds is 4. The third-order valence-electron chi connectivity index (χ3n) is 3.18. The fourth-order valence-electron chi connectivity index (χ4n) is 1.99. The SMILES string of the molecule is O=[N+]([O-])c1ccc(/C=N\n2c(-c3ccc(Cl)cc3)n[nH]c2=S)cc1. The fraction of sp³-hybridized carbons (Fsp3) is 0. The Labute approximate surface area is 146 Å². The van der Waals surface area contributed by atoms with Crippen LogP contribution in [-0.2, 0) is 0 Å². The maximum atomic E-state index is 10.7. The van der Waals surface area contributed by atoms with Crippen molar-refractivity contribution in [1.82, 2.24) is 14.9 Å². The smallest absolute Gasteiger partial charge is 0.258 e. The molecule has 0 radical (unpaired) electrons. The lowest BCUT2D eigenvalue weighted by molar-refractivity contribution is -0.384.